The predicted octanol–water partition coefficient (Wildman–Crippen LogP) is 2.82. The molecule has 0 aliphatic heterocycles. The average molecular weight is 302 g/mol. The maximum absolute atomic E-state index is 11.7. The zero-order chi connectivity index (χ0) is 15.7. The maximum atomic E-state index is 11.7. The molecule has 2 aromatic rings. The highest BCUT2D eigenvalue weighted by Gasteiger charge is 2.41. The normalized spacial score (nSPS) is 15.7. The summed E-state index contributed by atoms with van der Waals surface area (Å²) in [6.45, 7) is 2.87. The summed E-state index contributed by atoms with van der Waals surface area (Å²) in [5, 5.41) is 14.7. The van der Waals surface area contributed by atoms with Crippen molar-refractivity contribution in [3.63, 3.8) is 0 Å². The van der Waals surface area contributed by atoms with Crippen LogP contribution in [0.5, 0.6) is 0 Å². The summed E-state index contributed by atoms with van der Waals surface area (Å²) < 4.78 is 0. The largest absolute Gasteiger partial charge is 0.379 e. The summed E-state index contributed by atoms with van der Waals surface area (Å²) >= 11 is 0. The predicted molar refractivity (Wildman–Crippen MR) is 84.1 cm³/mol. The van der Waals surface area contributed by atoms with E-state index in [0.717, 1.165) is 32.2 Å². The molecule has 7 heteroatoms. The van der Waals surface area contributed by atoms with Crippen LogP contribution in [-0.4, -0.2) is 21.4 Å². The van der Waals surface area contributed by atoms with Gasteiger partial charge in [-0.25, -0.2) is 4.98 Å². The number of hydrogen-bond acceptors (Lipinski definition) is 5. The molecular weight excluding hydrogens is 284 g/mol. The van der Waals surface area contributed by atoms with Crippen molar-refractivity contribution in [2.75, 3.05) is 11.9 Å². The molecule has 1 saturated carbocycles. The van der Waals surface area contributed by atoms with Gasteiger partial charge >= 0.3 is 0 Å². The van der Waals surface area contributed by atoms with E-state index in [1.54, 1.807) is 6.07 Å². The molecule has 1 aliphatic carbocycles. The van der Waals surface area contributed by atoms with Gasteiger partial charge in [0, 0.05) is 12.6 Å². The van der Waals surface area contributed by atoms with Crippen LogP contribution >= 0.6 is 0 Å². The van der Waals surface area contributed by atoms with E-state index < -0.39 is 4.92 Å². The highest BCUT2D eigenvalue weighted by molar-refractivity contribution is 5.86. The highest BCUT2D eigenvalue weighted by atomic mass is 16.6. The van der Waals surface area contributed by atoms with Crippen LogP contribution < -0.4 is 10.9 Å². The number of nitrogens with one attached hydrogen (secondary N) is 2. The molecule has 1 fully saturated rings. The minimum Gasteiger partial charge on any atom is -0.379 e. The summed E-state index contributed by atoms with van der Waals surface area (Å²) in [6, 6.07) is 2.88. The minimum atomic E-state index is -0.465. The number of H-pyrrole nitrogens is 1. The Hall–Kier alpha value is -2.44. The van der Waals surface area contributed by atoms with Gasteiger partial charge in [-0.15, -0.1) is 0 Å². The van der Waals surface area contributed by atoms with E-state index in [1.807, 2.05) is 0 Å². The molecule has 7 nitrogen and oxygen atoms in total. The van der Waals surface area contributed by atoms with Crippen molar-refractivity contribution in [2.45, 2.75) is 32.6 Å². The quantitative estimate of drug-likeness (QED) is 0.631. The van der Waals surface area contributed by atoms with Gasteiger partial charge in [-0.3, -0.25) is 14.9 Å². The molecule has 2 N–H and O–H groups in total. The van der Waals surface area contributed by atoms with Crippen molar-refractivity contribution in [3.05, 3.63) is 38.9 Å². The lowest BCUT2D eigenvalue weighted by molar-refractivity contribution is -0.383. The summed E-state index contributed by atoms with van der Waals surface area (Å²) in [4.78, 5) is 29.1. The fourth-order valence-corrected chi connectivity index (χ4v) is 2.90. The number of aromatic amines is 1. The van der Waals surface area contributed by atoms with E-state index in [9.17, 15) is 14.9 Å². The number of anilines is 1. The van der Waals surface area contributed by atoms with Crippen LogP contribution in [0, 0.1) is 15.5 Å². The van der Waals surface area contributed by atoms with Gasteiger partial charge in [0.2, 0.25) is 0 Å². The zero-order valence-electron chi connectivity index (χ0n) is 12.4. The number of nitrogens with zero attached hydrogens (tertiary/aromatic N) is 2. The van der Waals surface area contributed by atoms with Gasteiger partial charge < -0.3 is 10.3 Å². The van der Waals surface area contributed by atoms with Gasteiger partial charge in [0.15, 0.2) is 0 Å². The summed E-state index contributed by atoms with van der Waals surface area (Å²) in [6.07, 6.45) is 5.86. The topological polar surface area (TPSA) is 101 Å². The molecule has 0 spiro atoms. The lowest BCUT2D eigenvalue weighted by atomic mass is 10.0. The van der Waals surface area contributed by atoms with Gasteiger partial charge in [-0.1, -0.05) is 13.3 Å². The molecule has 0 atom stereocenters. The first kappa shape index (κ1) is 14.5. The number of nitro groups is 1. The van der Waals surface area contributed by atoms with Crippen LogP contribution in [-0.2, 0) is 0 Å². The van der Waals surface area contributed by atoms with Crippen LogP contribution in [0.3, 0.4) is 0 Å². The Kier molecular flexibility index (Phi) is 3.56. The molecule has 0 amide bonds. The van der Waals surface area contributed by atoms with Gasteiger partial charge in [0.05, 0.1) is 22.2 Å². The van der Waals surface area contributed by atoms with Gasteiger partial charge in [-0.05, 0) is 30.7 Å². The SMILES string of the molecule is CCCC1(CNc2cc3nc[nH]c(=O)c3cc2[N+](=O)[O-])CC1. The fourth-order valence-electron chi connectivity index (χ4n) is 2.90. The third-order valence-electron chi connectivity index (χ3n) is 4.35. The fraction of sp³-hybridized carbons (Fsp3) is 0.467. The number of benzene rings is 1. The van der Waals surface area contributed by atoms with Crippen LogP contribution in [0.4, 0.5) is 11.4 Å². The van der Waals surface area contributed by atoms with Crippen molar-refractivity contribution >= 4 is 22.3 Å². The smallest absolute Gasteiger partial charge is 0.293 e. The molecule has 1 aromatic heterocycles. The monoisotopic (exact) mass is 302 g/mol. The van der Waals surface area contributed by atoms with E-state index >= 15 is 0 Å². The molecule has 1 heterocycles. The molecule has 1 aliphatic rings. The van der Waals surface area contributed by atoms with E-state index in [4.69, 9.17) is 0 Å². The van der Waals surface area contributed by atoms with E-state index in [2.05, 4.69) is 22.2 Å². The average Bonchev–Trinajstić information content (AvgIpc) is 3.25. The summed E-state index contributed by atoms with van der Waals surface area (Å²) in [7, 11) is 0. The molecule has 0 radical (unpaired) electrons. The second-order valence-corrected chi connectivity index (χ2v) is 5.98. The third-order valence-corrected chi connectivity index (χ3v) is 4.35. The Morgan fingerprint density at radius 2 is 2.23 bits per heavy atom. The van der Waals surface area contributed by atoms with E-state index in [-0.39, 0.29) is 22.0 Å². The molecule has 0 unspecified atom stereocenters. The Morgan fingerprint density at radius 1 is 1.45 bits per heavy atom. The standard InChI is InChI=1S/C15H18N4O3/c1-2-3-15(4-5-15)8-16-12-7-11-10(6-13(12)19(21)22)14(20)18-9-17-11/h6-7,9,16H,2-5,8H2,1H3,(H,17,18,20). The van der Waals surface area contributed by atoms with Crippen molar-refractivity contribution in [3.8, 4) is 0 Å². The number of hydrogen-bond donors (Lipinski definition) is 2. The van der Waals surface area contributed by atoms with Gasteiger partial charge in [0.25, 0.3) is 11.2 Å². The van der Waals surface area contributed by atoms with E-state index in [0.29, 0.717) is 11.2 Å². The Labute approximate surface area is 126 Å². The van der Waals surface area contributed by atoms with Crippen molar-refractivity contribution in [1.29, 1.82) is 0 Å². The van der Waals surface area contributed by atoms with Crippen molar-refractivity contribution in [1.82, 2.24) is 9.97 Å². The molecular formula is C15H18N4O3. The van der Waals surface area contributed by atoms with Crippen molar-refractivity contribution in [2.24, 2.45) is 5.41 Å². The van der Waals surface area contributed by atoms with Crippen LogP contribution in [0.25, 0.3) is 10.9 Å². The highest BCUT2D eigenvalue weighted by Crippen LogP contribution is 2.49. The zero-order valence-corrected chi connectivity index (χ0v) is 12.4. The maximum Gasteiger partial charge on any atom is 0.293 e. The molecule has 22 heavy (non-hydrogen) atoms. The number of nitro benzene ring substituents is 1. The molecule has 0 bridgehead atoms. The first-order chi connectivity index (χ1) is 10.5. The Bertz CT molecular complexity index is 780. The number of aromatic nitrogens is 2. The lowest BCUT2D eigenvalue weighted by Crippen LogP contribution is -2.16. The first-order valence-electron chi connectivity index (χ1n) is 7.44. The molecule has 3 rings (SSSR count). The Balaban J connectivity index is 1.95. The second-order valence-electron chi connectivity index (χ2n) is 5.98. The van der Waals surface area contributed by atoms with Gasteiger partial charge in [0.1, 0.15) is 5.69 Å². The van der Waals surface area contributed by atoms with Crippen LogP contribution in [0.1, 0.15) is 32.6 Å². The van der Waals surface area contributed by atoms with Crippen LogP contribution in [0.2, 0.25) is 0 Å². The minimum absolute atomic E-state index is 0.0849. The first-order valence-corrected chi connectivity index (χ1v) is 7.44. The molecule has 1 aromatic carbocycles. The van der Waals surface area contributed by atoms with Gasteiger partial charge in [-0.2, -0.15) is 0 Å². The third kappa shape index (κ3) is 2.66. The summed E-state index contributed by atoms with van der Waals surface area (Å²) in [5.41, 5.74) is 0.705. The van der Waals surface area contributed by atoms with E-state index in [1.165, 1.54) is 12.4 Å². The second kappa shape index (κ2) is 5.40. The van der Waals surface area contributed by atoms with Crippen molar-refractivity contribution < 1.29 is 4.92 Å². The Morgan fingerprint density at radius 3 is 2.86 bits per heavy atom. The molecule has 0 saturated heterocycles. The number of rotatable bonds is 6. The molecule has 116 valence electrons. The number of fused-ring (bicyclic) bond motifs is 1. The lowest BCUT2D eigenvalue weighted by Gasteiger charge is -2.16. The summed E-state index contributed by atoms with van der Waals surface area (Å²) in [5.74, 6) is 0. The van der Waals surface area contributed by atoms with Crippen LogP contribution in [0.15, 0.2) is 23.3 Å².